The molecule has 2 heterocycles. The van der Waals surface area contributed by atoms with Crippen LogP contribution in [0.25, 0.3) is 0 Å². The monoisotopic (exact) mass is 233 g/mol. The predicted molar refractivity (Wildman–Crippen MR) is 55.4 cm³/mol. The number of hydrogen-bond donors (Lipinski definition) is 1. The topological polar surface area (TPSA) is 35.6 Å². The van der Waals surface area contributed by atoms with Crippen LogP contribution >= 0.6 is 0 Å². The lowest BCUT2D eigenvalue weighted by Gasteiger charge is -2.38. The quantitative estimate of drug-likeness (QED) is 0.721. The zero-order valence-corrected chi connectivity index (χ0v) is 9.16. The van der Waals surface area contributed by atoms with E-state index in [1.54, 1.807) is 9.80 Å². The molecule has 1 N–H and O–H groups in total. The van der Waals surface area contributed by atoms with Crippen LogP contribution < -0.4 is 5.32 Å². The first-order valence-electron chi connectivity index (χ1n) is 5.67. The molecule has 0 saturated carbocycles. The highest BCUT2D eigenvalue weighted by Gasteiger charge is 2.31. The number of nitrogens with zero attached hydrogens (tertiary/aromatic N) is 2. The first-order valence-corrected chi connectivity index (χ1v) is 5.67. The van der Waals surface area contributed by atoms with Gasteiger partial charge >= 0.3 is 0 Å². The van der Waals surface area contributed by atoms with Gasteiger partial charge in [0.05, 0.1) is 12.5 Å². The van der Waals surface area contributed by atoms with Gasteiger partial charge in [0.15, 0.2) is 0 Å². The Balaban J connectivity index is 1.74. The van der Waals surface area contributed by atoms with Gasteiger partial charge in [0.2, 0.25) is 5.91 Å². The van der Waals surface area contributed by atoms with E-state index in [2.05, 4.69) is 5.32 Å². The number of carbonyl (C=O) groups is 1. The molecular weight excluding hydrogens is 216 g/mol. The summed E-state index contributed by atoms with van der Waals surface area (Å²) in [6.45, 7) is 3.65. The lowest BCUT2D eigenvalue weighted by molar-refractivity contribution is -0.139. The summed E-state index contributed by atoms with van der Waals surface area (Å²) in [6.07, 6.45) is -2.28. The van der Waals surface area contributed by atoms with Crippen molar-refractivity contribution in [1.29, 1.82) is 0 Å². The van der Waals surface area contributed by atoms with E-state index in [4.69, 9.17) is 0 Å². The summed E-state index contributed by atoms with van der Waals surface area (Å²) in [5.41, 5.74) is 0. The highest BCUT2D eigenvalue weighted by atomic mass is 19.3. The molecule has 2 saturated heterocycles. The fourth-order valence-electron chi connectivity index (χ4n) is 2.07. The molecule has 6 heteroatoms. The van der Waals surface area contributed by atoms with Crippen LogP contribution in [0.1, 0.15) is 0 Å². The predicted octanol–water partition coefficient (Wildman–Crippen LogP) is -0.385. The number of amides is 1. The van der Waals surface area contributed by atoms with Crippen molar-refractivity contribution < 1.29 is 13.6 Å². The summed E-state index contributed by atoms with van der Waals surface area (Å²) in [5, 5.41) is 3.06. The summed E-state index contributed by atoms with van der Waals surface area (Å²) >= 11 is 0. The van der Waals surface area contributed by atoms with Crippen molar-refractivity contribution >= 4 is 5.91 Å². The highest BCUT2D eigenvalue weighted by Crippen LogP contribution is 2.11. The SMILES string of the molecule is O=C(C1CNC1)N1CCN(CC(F)F)CC1. The molecule has 2 fully saturated rings. The maximum absolute atomic E-state index is 12.1. The van der Waals surface area contributed by atoms with Gasteiger partial charge in [0.25, 0.3) is 6.43 Å². The molecule has 0 unspecified atom stereocenters. The number of rotatable bonds is 3. The molecule has 0 spiro atoms. The van der Waals surface area contributed by atoms with Gasteiger partial charge in [-0.2, -0.15) is 0 Å². The van der Waals surface area contributed by atoms with Crippen molar-refractivity contribution in [3.63, 3.8) is 0 Å². The van der Waals surface area contributed by atoms with Crippen molar-refractivity contribution in [1.82, 2.24) is 15.1 Å². The number of carbonyl (C=O) groups excluding carboxylic acids is 1. The summed E-state index contributed by atoms with van der Waals surface area (Å²) < 4.78 is 24.3. The van der Waals surface area contributed by atoms with E-state index in [0.717, 1.165) is 13.1 Å². The fourth-order valence-corrected chi connectivity index (χ4v) is 2.07. The molecule has 92 valence electrons. The number of nitrogens with one attached hydrogen (secondary N) is 1. The number of hydrogen-bond acceptors (Lipinski definition) is 3. The van der Waals surface area contributed by atoms with Crippen molar-refractivity contribution in [2.45, 2.75) is 6.43 Å². The van der Waals surface area contributed by atoms with Gasteiger partial charge in [-0.1, -0.05) is 0 Å². The van der Waals surface area contributed by atoms with Crippen molar-refractivity contribution in [2.75, 3.05) is 45.8 Å². The second-order valence-corrected chi connectivity index (χ2v) is 4.37. The Morgan fingerprint density at radius 2 is 1.88 bits per heavy atom. The molecule has 2 rings (SSSR count). The third-order valence-corrected chi connectivity index (χ3v) is 3.21. The van der Waals surface area contributed by atoms with E-state index in [1.165, 1.54) is 0 Å². The van der Waals surface area contributed by atoms with E-state index in [9.17, 15) is 13.6 Å². The zero-order valence-electron chi connectivity index (χ0n) is 9.16. The molecule has 1 amide bonds. The summed E-state index contributed by atoms with van der Waals surface area (Å²) in [7, 11) is 0. The highest BCUT2D eigenvalue weighted by molar-refractivity contribution is 5.80. The van der Waals surface area contributed by atoms with E-state index < -0.39 is 6.43 Å². The molecule has 0 aliphatic carbocycles. The van der Waals surface area contributed by atoms with Crippen LogP contribution in [-0.2, 0) is 4.79 Å². The Bertz CT molecular complexity index is 250. The number of piperazine rings is 1. The normalized spacial score (nSPS) is 23.6. The number of halogens is 2. The first kappa shape index (κ1) is 11.7. The van der Waals surface area contributed by atoms with Crippen LogP contribution in [0, 0.1) is 5.92 Å². The van der Waals surface area contributed by atoms with Gasteiger partial charge < -0.3 is 10.2 Å². The molecule has 4 nitrogen and oxygen atoms in total. The Hall–Kier alpha value is -0.750. The van der Waals surface area contributed by atoms with Crippen LogP contribution in [0.4, 0.5) is 8.78 Å². The minimum Gasteiger partial charge on any atom is -0.340 e. The summed E-state index contributed by atoms with van der Waals surface area (Å²) in [4.78, 5) is 15.3. The maximum Gasteiger partial charge on any atom is 0.251 e. The van der Waals surface area contributed by atoms with Gasteiger partial charge in [-0.3, -0.25) is 9.69 Å². The second kappa shape index (κ2) is 5.05. The van der Waals surface area contributed by atoms with Crippen molar-refractivity contribution in [3.8, 4) is 0 Å². The van der Waals surface area contributed by atoms with Crippen LogP contribution in [0.15, 0.2) is 0 Å². The lowest BCUT2D eigenvalue weighted by Crippen LogP contribution is -2.56. The third kappa shape index (κ3) is 2.68. The molecule has 0 atom stereocenters. The molecule has 2 aliphatic rings. The van der Waals surface area contributed by atoms with Gasteiger partial charge in [-0.25, -0.2) is 8.78 Å². The smallest absolute Gasteiger partial charge is 0.251 e. The average Bonchev–Trinajstić information content (AvgIpc) is 2.15. The molecule has 2 aliphatic heterocycles. The molecule has 0 radical (unpaired) electrons. The minimum atomic E-state index is -2.28. The standard InChI is InChI=1S/C10H17F2N3O/c11-9(12)7-14-1-3-15(4-2-14)10(16)8-5-13-6-8/h8-9,13H,1-7H2. The van der Waals surface area contributed by atoms with Crippen molar-refractivity contribution in [2.24, 2.45) is 5.92 Å². The Morgan fingerprint density at radius 3 is 2.31 bits per heavy atom. The maximum atomic E-state index is 12.1. The summed E-state index contributed by atoms with van der Waals surface area (Å²) in [6, 6.07) is 0. The largest absolute Gasteiger partial charge is 0.340 e. The molecule has 0 aromatic heterocycles. The molecule has 0 bridgehead atoms. The first-order chi connectivity index (χ1) is 7.66. The number of alkyl halides is 2. The molecular formula is C10H17F2N3O. The van der Waals surface area contributed by atoms with Gasteiger partial charge in [-0.05, 0) is 0 Å². The minimum absolute atomic E-state index is 0.113. The Kier molecular flexibility index (Phi) is 3.70. The molecule has 0 aromatic rings. The zero-order chi connectivity index (χ0) is 11.5. The Labute approximate surface area is 93.6 Å². The van der Waals surface area contributed by atoms with Crippen LogP contribution in [0.5, 0.6) is 0 Å². The van der Waals surface area contributed by atoms with Crippen molar-refractivity contribution in [3.05, 3.63) is 0 Å². The van der Waals surface area contributed by atoms with Gasteiger partial charge in [0.1, 0.15) is 0 Å². The van der Waals surface area contributed by atoms with E-state index in [1.807, 2.05) is 0 Å². The Morgan fingerprint density at radius 1 is 1.25 bits per heavy atom. The molecule has 16 heavy (non-hydrogen) atoms. The third-order valence-electron chi connectivity index (χ3n) is 3.21. The summed E-state index contributed by atoms with van der Waals surface area (Å²) in [5.74, 6) is 0.289. The molecule has 0 aromatic carbocycles. The van der Waals surface area contributed by atoms with Gasteiger partial charge in [0, 0.05) is 39.3 Å². The van der Waals surface area contributed by atoms with E-state index >= 15 is 0 Å². The van der Waals surface area contributed by atoms with Gasteiger partial charge in [-0.15, -0.1) is 0 Å². The van der Waals surface area contributed by atoms with E-state index in [0.29, 0.717) is 26.2 Å². The average molecular weight is 233 g/mol. The lowest BCUT2D eigenvalue weighted by atomic mass is 10.0. The second-order valence-electron chi connectivity index (χ2n) is 4.37. The van der Waals surface area contributed by atoms with Crippen LogP contribution in [-0.4, -0.2) is 67.9 Å². The van der Waals surface area contributed by atoms with E-state index in [-0.39, 0.29) is 18.4 Å². The fraction of sp³-hybridized carbons (Fsp3) is 0.900. The van der Waals surface area contributed by atoms with Crippen LogP contribution in [0.3, 0.4) is 0 Å². The van der Waals surface area contributed by atoms with Crippen LogP contribution in [0.2, 0.25) is 0 Å².